The van der Waals surface area contributed by atoms with Crippen molar-refractivity contribution in [2.75, 3.05) is 6.61 Å². The van der Waals surface area contributed by atoms with Gasteiger partial charge in [0.25, 0.3) is 0 Å². The van der Waals surface area contributed by atoms with Crippen LogP contribution in [0, 0.1) is 0 Å². The van der Waals surface area contributed by atoms with Gasteiger partial charge in [0, 0.05) is 16.5 Å². The fourth-order valence-electron chi connectivity index (χ4n) is 2.17. The summed E-state index contributed by atoms with van der Waals surface area (Å²) in [6.45, 7) is -0.270. The lowest BCUT2D eigenvalue weighted by Gasteiger charge is -2.03. The van der Waals surface area contributed by atoms with E-state index in [-0.39, 0.29) is 18.8 Å². The smallest absolute Gasteiger partial charge is 0.306 e. The lowest BCUT2D eigenvalue weighted by molar-refractivity contribution is -0.142. The van der Waals surface area contributed by atoms with Crippen LogP contribution < -0.4 is 0 Å². The predicted octanol–water partition coefficient (Wildman–Crippen LogP) is 3.95. The molecule has 0 spiro atoms. The van der Waals surface area contributed by atoms with Gasteiger partial charge in [-0.1, -0.05) is 40.2 Å². The SMILES string of the molecule is O=C(CCc1nc2ccccc2o1)OCC(=O)c1ccc(Br)cc1. The quantitative estimate of drug-likeness (QED) is 0.473. The Hall–Kier alpha value is -2.47. The topological polar surface area (TPSA) is 69.4 Å². The van der Waals surface area contributed by atoms with Crippen molar-refractivity contribution < 1.29 is 18.7 Å². The Labute approximate surface area is 146 Å². The Morgan fingerprint density at radius 2 is 1.83 bits per heavy atom. The van der Waals surface area contributed by atoms with Gasteiger partial charge >= 0.3 is 5.97 Å². The van der Waals surface area contributed by atoms with E-state index in [0.29, 0.717) is 23.5 Å². The van der Waals surface area contributed by atoms with Gasteiger partial charge in [-0.25, -0.2) is 4.98 Å². The third kappa shape index (κ3) is 4.08. The number of rotatable bonds is 6. The fourth-order valence-corrected chi connectivity index (χ4v) is 2.44. The fraction of sp³-hybridized carbons (Fsp3) is 0.167. The molecule has 0 saturated heterocycles. The Morgan fingerprint density at radius 1 is 1.08 bits per heavy atom. The summed E-state index contributed by atoms with van der Waals surface area (Å²) in [5.41, 5.74) is 1.95. The summed E-state index contributed by atoms with van der Waals surface area (Å²) in [4.78, 5) is 28.0. The molecule has 2 aromatic carbocycles. The third-order valence-electron chi connectivity index (χ3n) is 3.41. The zero-order valence-corrected chi connectivity index (χ0v) is 14.3. The molecule has 0 atom stereocenters. The minimum Gasteiger partial charge on any atom is -0.457 e. The zero-order valence-electron chi connectivity index (χ0n) is 12.7. The number of carbonyl (C=O) groups excluding carboxylic acids is 2. The molecule has 5 nitrogen and oxygen atoms in total. The number of hydrogen-bond acceptors (Lipinski definition) is 5. The number of ketones is 1. The molecule has 0 N–H and O–H groups in total. The van der Waals surface area contributed by atoms with Gasteiger partial charge in [0.1, 0.15) is 5.52 Å². The molecule has 0 amide bonds. The highest BCUT2D eigenvalue weighted by molar-refractivity contribution is 9.10. The Kier molecular flexibility index (Phi) is 5.05. The van der Waals surface area contributed by atoms with Crippen molar-refractivity contribution in [1.29, 1.82) is 0 Å². The Bertz CT molecular complexity index is 837. The maximum Gasteiger partial charge on any atom is 0.306 e. The second-order valence-electron chi connectivity index (χ2n) is 5.17. The molecule has 0 aliphatic heterocycles. The van der Waals surface area contributed by atoms with E-state index < -0.39 is 5.97 Å². The number of para-hydroxylation sites is 2. The molecule has 0 unspecified atom stereocenters. The van der Waals surface area contributed by atoms with E-state index in [9.17, 15) is 9.59 Å². The summed E-state index contributed by atoms with van der Waals surface area (Å²) in [5, 5.41) is 0. The average molecular weight is 388 g/mol. The van der Waals surface area contributed by atoms with E-state index >= 15 is 0 Å². The highest BCUT2D eigenvalue weighted by Crippen LogP contribution is 2.16. The maximum absolute atomic E-state index is 11.9. The van der Waals surface area contributed by atoms with Crippen LogP contribution in [0.25, 0.3) is 11.1 Å². The lowest BCUT2D eigenvalue weighted by Crippen LogP contribution is -2.14. The average Bonchev–Trinajstić information content (AvgIpc) is 3.01. The number of ether oxygens (including phenoxy) is 1. The molecule has 1 heterocycles. The van der Waals surface area contributed by atoms with Crippen LogP contribution in [-0.4, -0.2) is 23.3 Å². The number of halogens is 1. The number of aromatic nitrogens is 1. The monoisotopic (exact) mass is 387 g/mol. The number of nitrogens with zero attached hydrogens (tertiary/aromatic N) is 1. The molecular formula is C18H14BrNO4. The van der Waals surface area contributed by atoms with Crippen LogP contribution in [0.2, 0.25) is 0 Å². The first kappa shape index (κ1) is 16.4. The molecule has 0 aliphatic rings. The molecule has 1 aromatic heterocycles. The van der Waals surface area contributed by atoms with Crippen molar-refractivity contribution in [1.82, 2.24) is 4.98 Å². The van der Waals surface area contributed by atoms with Crippen LogP contribution in [0.1, 0.15) is 22.7 Å². The second kappa shape index (κ2) is 7.40. The number of oxazole rings is 1. The van der Waals surface area contributed by atoms with Crippen LogP contribution in [0.3, 0.4) is 0 Å². The van der Waals surface area contributed by atoms with Crippen LogP contribution in [0.5, 0.6) is 0 Å². The highest BCUT2D eigenvalue weighted by atomic mass is 79.9. The van der Waals surface area contributed by atoms with E-state index in [1.165, 1.54) is 0 Å². The van der Waals surface area contributed by atoms with Crippen molar-refractivity contribution in [3.63, 3.8) is 0 Å². The summed E-state index contributed by atoms with van der Waals surface area (Å²) < 4.78 is 11.4. The largest absolute Gasteiger partial charge is 0.457 e. The van der Waals surface area contributed by atoms with E-state index in [0.717, 1.165) is 9.99 Å². The second-order valence-corrected chi connectivity index (χ2v) is 6.08. The molecule has 24 heavy (non-hydrogen) atoms. The van der Waals surface area contributed by atoms with Crippen LogP contribution in [0.4, 0.5) is 0 Å². The van der Waals surface area contributed by atoms with Crippen molar-refractivity contribution >= 4 is 38.8 Å². The highest BCUT2D eigenvalue weighted by Gasteiger charge is 2.12. The summed E-state index contributed by atoms with van der Waals surface area (Å²) in [6.07, 6.45) is 0.445. The van der Waals surface area contributed by atoms with Gasteiger partial charge in [-0.3, -0.25) is 9.59 Å². The number of carbonyl (C=O) groups is 2. The van der Waals surface area contributed by atoms with Gasteiger partial charge in [0.15, 0.2) is 23.9 Å². The summed E-state index contributed by atoms with van der Waals surface area (Å²) in [5.74, 6) is -0.215. The van der Waals surface area contributed by atoms with Crippen LogP contribution in [-0.2, 0) is 16.0 Å². The van der Waals surface area contributed by atoms with E-state index in [2.05, 4.69) is 20.9 Å². The number of Topliss-reactive ketones (excluding diaryl/α,β-unsaturated/α-hetero) is 1. The molecule has 0 fully saturated rings. The van der Waals surface area contributed by atoms with Gasteiger partial charge in [-0.15, -0.1) is 0 Å². The van der Waals surface area contributed by atoms with Crippen LogP contribution >= 0.6 is 15.9 Å². The summed E-state index contributed by atoms with van der Waals surface area (Å²) >= 11 is 3.30. The van der Waals surface area contributed by atoms with E-state index in [4.69, 9.17) is 9.15 Å². The Balaban J connectivity index is 1.48. The first-order chi connectivity index (χ1) is 11.6. The number of aryl methyl sites for hydroxylation is 1. The zero-order chi connectivity index (χ0) is 16.9. The lowest BCUT2D eigenvalue weighted by atomic mass is 10.1. The predicted molar refractivity (Wildman–Crippen MR) is 91.8 cm³/mol. The molecule has 3 rings (SSSR count). The normalized spacial score (nSPS) is 10.7. The molecule has 122 valence electrons. The van der Waals surface area contributed by atoms with Crippen LogP contribution in [0.15, 0.2) is 57.4 Å². The molecule has 6 heteroatoms. The summed E-state index contributed by atoms with van der Waals surface area (Å²) in [6, 6.07) is 14.3. The first-order valence-corrected chi connectivity index (χ1v) is 8.20. The summed E-state index contributed by atoms with van der Waals surface area (Å²) in [7, 11) is 0. The van der Waals surface area contributed by atoms with Gasteiger partial charge < -0.3 is 9.15 Å². The third-order valence-corrected chi connectivity index (χ3v) is 3.94. The number of hydrogen-bond donors (Lipinski definition) is 0. The Morgan fingerprint density at radius 3 is 2.58 bits per heavy atom. The molecule has 0 saturated carbocycles. The van der Waals surface area contributed by atoms with Gasteiger partial charge in [0.05, 0.1) is 6.42 Å². The van der Waals surface area contributed by atoms with Gasteiger partial charge in [0.2, 0.25) is 0 Å². The maximum atomic E-state index is 11.9. The standard InChI is InChI=1S/C18H14BrNO4/c19-13-7-5-12(6-8-13)15(21)11-23-18(22)10-9-17-20-14-3-1-2-4-16(14)24-17/h1-8H,9-11H2. The molecule has 3 aromatic rings. The number of fused-ring (bicyclic) bond motifs is 1. The molecule has 0 bridgehead atoms. The molecule has 0 aliphatic carbocycles. The van der Waals surface area contributed by atoms with Crippen molar-refractivity contribution in [3.05, 3.63) is 64.5 Å². The van der Waals surface area contributed by atoms with E-state index in [1.54, 1.807) is 24.3 Å². The number of benzene rings is 2. The van der Waals surface area contributed by atoms with Crippen molar-refractivity contribution in [2.45, 2.75) is 12.8 Å². The minimum atomic E-state index is -0.456. The van der Waals surface area contributed by atoms with E-state index in [1.807, 2.05) is 24.3 Å². The molecule has 0 radical (unpaired) electrons. The van der Waals surface area contributed by atoms with Gasteiger partial charge in [-0.05, 0) is 24.3 Å². The minimum absolute atomic E-state index is 0.112. The molecular weight excluding hydrogens is 374 g/mol. The number of esters is 1. The van der Waals surface area contributed by atoms with Crippen molar-refractivity contribution in [3.8, 4) is 0 Å². The first-order valence-electron chi connectivity index (χ1n) is 7.40. The van der Waals surface area contributed by atoms with Gasteiger partial charge in [-0.2, -0.15) is 0 Å². The van der Waals surface area contributed by atoms with Crippen molar-refractivity contribution in [2.24, 2.45) is 0 Å².